The third-order valence-corrected chi connectivity index (χ3v) is 3.65. The van der Waals surface area contributed by atoms with Crippen LogP contribution in [0.5, 0.6) is 5.75 Å². The molecule has 3 rings (SSSR count). The molecule has 0 spiro atoms. The van der Waals surface area contributed by atoms with Crippen LogP contribution in [0.1, 0.15) is 5.56 Å². The number of carbonyl (C=O) groups is 1. The van der Waals surface area contributed by atoms with E-state index in [9.17, 15) is 4.79 Å². The second-order valence-corrected chi connectivity index (χ2v) is 5.56. The van der Waals surface area contributed by atoms with Crippen LogP contribution in [0.4, 0.5) is 5.69 Å². The van der Waals surface area contributed by atoms with Crippen molar-refractivity contribution in [1.29, 1.82) is 0 Å². The number of halogens is 1. The van der Waals surface area contributed by atoms with Gasteiger partial charge in [-0.05, 0) is 36.8 Å². The average molecular weight is 343 g/mol. The first-order valence-corrected chi connectivity index (χ1v) is 7.64. The molecule has 1 heterocycles. The van der Waals surface area contributed by atoms with Crippen molar-refractivity contribution in [3.8, 4) is 11.4 Å². The van der Waals surface area contributed by atoms with E-state index in [-0.39, 0.29) is 12.5 Å². The highest BCUT2D eigenvalue weighted by Crippen LogP contribution is 2.24. The summed E-state index contributed by atoms with van der Waals surface area (Å²) >= 11 is 6.02. The SMILES string of the molecule is Cc1ccc(OCC(=O)Nc2ccccc2Cl)c(-n2cnnc2)c1. The number of hydrogen-bond donors (Lipinski definition) is 1. The van der Waals surface area contributed by atoms with Crippen LogP contribution in [0.25, 0.3) is 5.69 Å². The molecule has 0 radical (unpaired) electrons. The van der Waals surface area contributed by atoms with Gasteiger partial charge in [-0.3, -0.25) is 9.36 Å². The molecule has 0 aliphatic carbocycles. The van der Waals surface area contributed by atoms with Gasteiger partial charge in [0.2, 0.25) is 0 Å². The Kier molecular flexibility index (Phi) is 4.77. The lowest BCUT2D eigenvalue weighted by Crippen LogP contribution is -2.20. The molecule has 0 aliphatic heterocycles. The minimum Gasteiger partial charge on any atom is -0.482 e. The van der Waals surface area contributed by atoms with Crippen LogP contribution in [0.3, 0.4) is 0 Å². The Morgan fingerprint density at radius 3 is 2.71 bits per heavy atom. The fraction of sp³-hybridized carbons (Fsp3) is 0.118. The number of ether oxygens (including phenoxy) is 1. The summed E-state index contributed by atoms with van der Waals surface area (Å²) < 4.78 is 7.39. The molecule has 7 heteroatoms. The van der Waals surface area contributed by atoms with Gasteiger partial charge in [-0.25, -0.2) is 0 Å². The molecule has 6 nitrogen and oxygen atoms in total. The molecule has 1 N–H and O–H groups in total. The standard InChI is InChI=1S/C17H15ClN4O2/c1-12-6-7-16(15(8-12)22-10-19-20-11-22)24-9-17(23)21-14-5-3-2-4-13(14)18/h2-8,10-11H,9H2,1H3,(H,21,23). The van der Waals surface area contributed by atoms with Gasteiger partial charge < -0.3 is 10.1 Å². The summed E-state index contributed by atoms with van der Waals surface area (Å²) in [4.78, 5) is 12.1. The van der Waals surface area contributed by atoms with E-state index >= 15 is 0 Å². The molecular weight excluding hydrogens is 328 g/mol. The summed E-state index contributed by atoms with van der Waals surface area (Å²) in [5, 5.41) is 10.8. The number of benzene rings is 2. The normalized spacial score (nSPS) is 10.4. The number of para-hydroxylation sites is 1. The van der Waals surface area contributed by atoms with Crippen molar-refractivity contribution >= 4 is 23.2 Å². The summed E-state index contributed by atoms with van der Waals surface area (Å²) in [6.07, 6.45) is 3.15. The van der Waals surface area contributed by atoms with E-state index in [1.165, 1.54) is 0 Å². The molecule has 0 bridgehead atoms. The van der Waals surface area contributed by atoms with E-state index in [1.54, 1.807) is 41.5 Å². The van der Waals surface area contributed by atoms with Crippen molar-refractivity contribution in [3.63, 3.8) is 0 Å². The van der Waals surface area contributed by atoms with E-state index in [0.29, 0.717) is 16.5 Å². The molecule has 0 atom stereocenters. The van der Waals surface area contributed by atoms with Crippen molar-refractivity contribution < 1.29 is 9.53 Å². The maximum Gasteiger partial charge on any atom is 0.262 e. The summed E-state index contributed by atoms with van der Waals surface area (Å²) in [7, 11) is 0. The number of carbonyl (C=O) groups excluding carboxylic acids is 1. The van der Waals surface area contributed by atoms with Crippen molar-refractivity contribution in [3.05, 3.63) is 65.7 Å². The number of nitrogens with zero attached hydrogens (tertiary/aromatic N) is 3. The molecule has 0 unspecified atom stereocenters. The number of hydrogen-bond acceptors (Lipinski definition) is 4. The fourth-order valence-electron chi connectivity index (χ4n) is 2.17. The molecular formula is C17H15ClN4O2. The maximum absolute atomic E-state index is 12.1. The number of nitrogens with one attached hydrogen (secondary N) is 1. The lowest BCUT2D eigenvalue weighted by atomic mass is 10.2. The first-order chi connectivity index (χ1) is 11.6. The van der Waals surface area contributed by atoms with Crippen LogP contribution in [0, 0.1) is 6.92 Å². The zero-order valence-electron chi connectivity index (χ0n) is 12.9. The number of aromatic nitrogens is 3. The third kappa shape index (κ3) is 3.72. The van der Waals surface area contributed by atoms with Crippen LogP contribution in [-0.2, 0) is 4.79 Å². The molecule has 2 aromatic carbocycles. The summed E-state index contributed by atoms with van der Waals surface area (Å²) in [5.74, 6) is 0.271. The molecule has 1 aromatic heterocycles. The number of amides is 1. The van der Waals surface area contributed by atoms with Gasteiger partial charge in [0.1, 0.15) is 18.4 Å². The molecule has 0 fully saturated rings. The maximum atomic E-state index is 12.1. The first kappa shape index (κ1) is 16.0. The average Bonchev–Trinajstić information content (AvgIpc) is 3.10. The summed E-state index contributed by atoms with van der Waals surface area (Å²) in [6.45, 7) is 1.84. The van der Waals surface area contributed by atoms with Gasteiger partial charge in [0, 0.05) is 0 Å². The largest absolute Gasteiger partial charge is 0.482 e. The Morgan fingerprint density at radius 1 is 1.21 bits per heavy atom. The van der Waals surface area contributed by atoms with Gasteiger partial charge in [0.15, 0.2) is 6.61 Å². The highest BCUT2D eigenvalue weighted by atomic mass is 35.5. The minimum absolute atomic E-state index is 0.136. The van der Waals surface area contributed by atoms with Crippen LogP contribution < -0.4 is 10.1 Å². The predicted molar refractivity (Wildman–Crippen MR) is 91.7 cm³/mol. The van der Waals surface area contributed by atoms with Crippen molar-refractivity contribution in [2.45, 2.75) is 6.92 Å². The van der Waals surface area contributed by atoms with Gasteiger partial charge in [-0.2, -0.15) is 0 Å². The van der Waals surface area contributed by atoms with E-state index in [1.807, 2.05) is 25.1 Å². The topological polar surface area (TPSA) is 69.0 Å². The third-order valence-electron chi connectivity index (χ3n) is 3.32. The Morgan fingerprint density at radius 2 is 1.96 bits per heavy atom. The van der Waals surface area contributed by atoms with Crippen LogP contribution in [0.2, 0.25) is 5.02 Å². The highest BCUT2D eigenvalue weighted by molar-refractivity contribution is 6.33. The monoisotopic (exact) mass is 342 g/mol. The van der Waals surface area contributed by atoms with E-state index in [0.717, 1.165) is 11.3 Å². The number of rotatable bonds is 5. The molecule has 0 aliphatic rings. The number of anilines is 1. The molecule has 122 valence electrons. The van der Waals surface area contributed by atoms with E-state index in [4.69, 9.17) is 16.3 Å². The predicted octanol–water partition coefficient (Wildman–Crippen LogP) is 3.25. The first-order valence-electron chi connectivity index (χ1n) is 7.26. The van der Waals surface area contributed by atoms with Crippen molar-refractivity contribution in [2.24, 2.45) is 0 Å². The lowest BCUT2D eigenvalue weighted by molar-refractivity contribution is -0.118. The van der Waals surface area contributed by atoms with Gasteiger partial charge in [0.05, 0.1) is 16.4 Å². The Bertz CT molecular complexity index is 850. The molecule has 0 saturated carbocycles. The number of aryl methyl sites for hydroxylation is 1. The quantitative estimate of drug-likeness (QED) is 0.772. The second-order valence-electron chi connectivity index (χ2n) is 5.16. The lowest BCUT2D eigenvalue weighted by Gasteiger charge is -2.13. The molecule has 24 heavy (non-hydrogen) atoms. The zero-order chi connectivity index (χ0) is 16.9. The van der Waals surface area contributed by atoms with Gasteiger partial charge >= 0.3 is 0 Å². The van der Waals surface area contributed by atoms with Crippen molar-refractivity contribution in [2.75, 3.05) is 11.9 Å². The van der Waals surface area contributed by atoms with E-state index in [2.05, 4.69) is 15.5 Å². The highest BCUT2D eigenvalue weighted by Gasteiger charge is 2.10. The fourth-order valence-corrected chi connectivity index (χ4v) is 2.35. The summed E-state index contributed by atoms with van der Waals surface area (Å²) in [5.41, 5.74) is 2.38. The molecule has 0 saturated heterocycles. The van der Waals surface area contributed by atoms with Crippen LogP contribution in [-0.4, -0.2) is 27.3 Å². The van der Waals surface area contributed by atoms with Gasteiger partial charge in [-0.1, -0.05) is 29.8 Å². The Labute approximate surface area is 144 Å². The van der Waals surface area contributed by atoms with Gasteiger partial charge in [-0.15, -0.1) is 10.2 Å². The van der Waals surface area contributed by atoms with Crippen LogP contribution >= 0.6 is 11.6 Å². The molecule has 1 amide bonds. The Balaban J connectivity index is 1.71. The van der Waals surface area contributed by atoms with Crippen molar-refractivity contribution in [1.82, 2.24) is 14.8 Å². The summed E-state index contributed by atoms with van der Waals surface area (Å²) in [6, 6.07) is 12.7. The van der Waals surface area contributed by atoms with Crippen LogP contribution in [0.15, 0.2) is 55.1 Å². The van der Waals surface area contributed by atoms with Gasteiger partial charge in [0.25, 0.3) is 5.91 Å². The van der Waals surface area contributed by atoms with E-state index < -0.39 is 0 Å². The second kappa shape index (κ2) is 7.14. The molecule has 3 aromatic rings. The zero-order valence-corrected chi connectivity index (χ0v) is 13.7. The smallest absolute Gasteiger partial charge is 0.262 e. The Hall–Kier alpha value is -2.86. The minimum atomic E-state index is -0.293.